The largest absolute Gasteiger partial charge is 0.417 e. The minimum Gasteiger partial charge on any atom is -0.402 e. The van der Waals surface area contributed by atoms with E-state index in [1.54, 1.807) is 18.2 Å². The molecule has 0 saturated heterocycles. The van der Waals surface area contributed by atoms with Gasteiger partial charge in [-0.1, -0.05) is 51.1 Å². The second kappa shape index (κ2) is 5.29. The second-order valence-electron chi connectivity index (χ2n) is 6.21. The molecule has 108 valence electrons. The number of hydrogen-bond donors (Lipinski definition) is 0. The normalized spacial score (nSPS) is 15.4. The Morgan fingerprint density at radius 1 is 1.00 bits per heavy atom. The van der Waals surface area contributed by atoms with Gasteiger partial charge in [-0.25, -0.2) is 0 Å². The fraction of sp³-hybridized carbons (Fsp3) is 0.571. The predicted molar refractivity (Wildman–Crippen MR) is 73.5 cm³/mol. The van der Waals surface area contributed by atoms with Crippen molar-refractivity contribution in [3.63, 3.8) is 0 Å². The molecule has 5 heteroatoms. The molecule has 0 N–H and O–H groups in total. The van der Waals surface area contributed by atoms with Gasteiger partial charge in [0.1, 0.15) is 0 Å². The average Bonchev–Trinajstić information content (AvgIpc) is 2.24. The van der Waals surface area contributed by atoms with Gasteiger partial charge in [-0.15, -0.1) is 0 Å². The Hall–Kier alpha value is -0.813. The van der Waals surface area contributed by atoms with E-state index in [1.165, 1.54) is 12.1 Å². The van der Waals surface area contributed by atoms with Gasteiger partial charge in [0.25, 0.3) is 0 Å². The molecule has 0 bridgehead atoms. The molecular weight excluding hydrogens is 269 g/mol. The maximum atomic E-state index is 13.2. The lowest BCUT2D eigenvalue weighted by molar-refractivity contribution is -0.201. The van der Waals surface area contributed by atoms with Crippen LogP contribution in [0.15, 0.2) is 30.3 Å². The molecule has 1 aromatic rings. The summed E-state index contributed by atoms with van der Waals surface area (Å²) < 4.78 is 45.2. The van der Waals surface area contributed by atoms with Crippen LogP contribution in [0, 0.1) is 0 Å². The maximum Gasteiger partial charge on any atom is 0.417 e. The van der Waals surface area contributed by atoms with E-state index >= 15 is 0 Å². The first-order chi connectivity index (χ1) is 8.45. The molecule has 0 heterocycles. The number of hydrogen-bond acceptors (Lipinski definition) is 1. The summed E-state index contributed by atoms with van der Waals surface area (Å²) in [6.45, 7) is 9.44. The van der Waals surface area contributed by atoms with Crippen molar-refractivity contribution in [1.82, 2.24) is 0 Å². The molecule has 1 nitrogen and oxygen atoms in total. The molecule has 0 spiro atoms. The zero-order valence-corrected chi connectivity index (χ0v) is 13.0. The summed E-state index contributed by atoms with van der Waals surface area (Å²) in [6, 6.07) is 7.83. The molecule has 0 aliphatic carbocycles. The van der Waals surface area contributed by atoms with Crippen molar-refractivity contribution in [1.29, 1.82) is 0 Å². The highest BCUT2D eigenvalue weighted by atomic mass is 28.4. The Morgan fingerprint density at radius 3 is 1.84 bits per heavy atom. The molecule has 0 aliphatic rings. The van der Waals surface area contributed by atoms with Gasteiger partial charge in [-0.05, 0) is 23.7 Å². The Kier molecular flexibility index (Phi) is 4.52. The van der Waals surface area contributed by atoms with Gasteiger partial charge in [0.05, 0.1) is 0 Å². The summed E-state index contributed by atoms with van der Waals surface area (Å²) in [5.74, 6) is 0. The van der Waals surface area contributed by atoms with Crippen LogP contribution in [0.5, 0.6) is 0 Å². The van der Waals surface area contributed by atoms with Crippen LogP contribution in [0.1, 0.15) is 32.4 Å². The molecule has 1 rings (SSSR count). The van der Waals surface area contributed by atoms with E-state index < -0.39 is 20.6 Å². The van der Waals surface area contributed by atoms with Gasteiger partial charge in [0.15, 0.2) is 14.4 Å². The molecule has 0 radical (unpaired) electrons. The lowest BCUT2D eigenvalue weighted by atomic mass is 10.1. The van der Waals surface area contributed by atoms with Crippen LogP contribution in [-0.2, 0) is 4.43 Å². The van der Waals surface area contributed by atoms with Gasteiger partial charge in [0, 0.05) is 0 Å². The lowest BCUT2D eigenvalue weighted by Crippen LogP contribution is -2.44. The van der Waals surface area contributed by atoms with E-state index in [4.69, 9.17) is 4.43 Å². The molecule has 0 aromatic heterocycles. The number of benzene rings is 1. The number of halogens is 3. The van der Waals surface area contributed by atoms with Crippen molar-refractivity contribution in [3.05, 3.63) is 35.9 Å². The monoisotopic (exact) mass is 290 g/mol. The van der Waals surface area contributed by atoms with Crippen molar-refractivity contribution >= 4 is 8.32 Å². The van der Waals surface area contributed by atoms with Crippen LogP contribution in [0.25, 0.3) is 0 Å². The van der Waals surface area contributed by atoms with Gasteiger partial charge >= 0.3 is 6.18 Å². The topological polar surface area (TPSA) is 9.23 Å². The van der Waals surface area contributed by atoms with Crippen molar-refractivity contribution in [3.8, 4) is 0 Å². The van der Waals surface area contributed by atoms with E-state index in [1.807, 2.05) is 33.9 Å². The highest BCUT2D eigenvalue weighted by Gasteiger charge is 2.48. The summed E-state index contributed by atoms with van der Waals surface area (Å²) in [5, 5.41) is -0.259. The summed E-state index contributed by atoms with van der Waals surface area (Å²) in [5.41, 5.74) is 0.167. The van der Waals surface area contributed by atoms with Crippen molar-refractivity contribution in [2.75, 3.05) is 0 Å². The highest BCUT2D eigenvalue weighted by molar-refractivity contribution is 6.74. The summed E-state index contributed by atoms with van der Waals surface area (Å²) in [4.78, 5) is 0. The average molecular weight is 290 g/mol. The Bertz CT molecular complexity index is 407. The predicted octanol–water partition coefficient (Wildman–Crippen LogP) is 5.31. The molecule has 0 aliphatic heterocycles. The van der Waals surface area contributed by atoms with E-state index in [9.17, 15) is 13.2 Å². The van der Waals surface area contributed by atoms with Gasteiger partial charge in [-0.3, -0.25) is 0 Å². The van der Waals surface area contributed by atoms with Crippen LogP contribution in [0.2, 0.25) is 18.1 Å². The minimum atomic E-state index is -4.39. The molecule has 1 aromatic carbocycles. The maximum absolute atomic E-state index is 13.2. The molecule has 19 heavy (non-hydrogen) atoms. The standard InChI is InChI=1S/C14H21F3OSi/c1-13(2,3)19(4,5)18-12(14(15,16)17)11-9-7-6-8-10-11/h6-10,12H,1-5H3. The SMILES string of the molecule is CC(C)(C)[Si](C)(C)OC(c1ccccc1)C(F)(F)F. The highest BCUT2D eigenvalue weighted by Crippen LogP contribution is 2.44. The Labute approximate surface area is 113 Å². The minimum absolute atomic E-state index is 0.167. The third-order valence-corrected chi connectivity index (χ3v) is 8.06. The second-order valence-corrected chi connectivity index (χ2v) is 11.0. The van der Waals surface area contributed by atoms with Gasteiger partial charge in [-0.2, -0.15) is 13.2 Å². The van der Waals surface area contributed by atoms with Crippen LogP contribution < -0.4 is 0 Å². The summed E-state index contributed by atoms with van der Waals surface area (Å²) in [6.07, 6.45) is -6.23. The Balaban J connectivity index is 3.09. The van der Waals surface area contributed by atoms with Gasteiger partial charge < -0.3 is 4.43 Å². The molecule has 0 saturated carbocycles. The van der Waals surface area contributed by atoms with E-state index in [0.29, 0.717) is 0 Å². The molecule has 1 unspecified atom stereocenters. The zero-order chi connectivity index (χ0) is 14.9. The van der Waals surface area contributed by atoms with Crippen LogP contribution in [0.3, 0.4) is 0 Å². The van der Waals surface area contributed by atoms with Crippen molar-refractivity contribution in [2.24, 2.45) is 0 Å². The van der Waals surface area contributed by atoms with Crippen molar-refractivity contribution in [2.45, 2.75) is 51.2 Å². The lowest BCUT2D eigenvalue weighted by Gasteiger charge is -2.39. The molecule has 0 amide bonds. The summed E-state index contributed by atoms with van der Waals surface area (Å²) >= 11 is 0. The van der Waals surface area contributed by atoms with Gasteiger partial charge in [0.2, 0.25) is 0 Å². The van der Waals surface area contributed by atoms with Crippen molar-refractivity contribution < 1.29 is 17.6 Å². The third kappa shape index (κ3) is 4.08. The fourth-order valence-electron chi connectivity index (χ4n) is 1.42. The van der Waals surface area contributed by atoms with E-state index in [-0.39, 0.29) is 10.6 Å². The van der Waals surface area contributed by atoms with Crippen LogP contribution in [-0.4, -0.2) is 14.5 Å². The Morgan fingerprint density at radius 2 is 1.47 bits per heavy atom. The van der Waals surface area contributed by atoms with Crippen LogP contribution in [0.4, 0.5) is 13.2 Å². The smallest absolute Gasteiger partial charge is 0.402 e. The first-order valence-electron chi connectivity index (χ1n) is 6.24. The zero-order valence-electron chi connectivity index (χ0n) is 12.0. The van der Waals surface area contributed by atoms with E-state index in [2.05, 4.69) is 0 Å². The third-order valence-electron chi connectivity index (χ3n) is 3.62. The first-order valence-corrected chi connectivity index (χ1v) is 9.15. The number of rotatable bonds is 3. The first kappa shape index (κ1) is 16.2. The summed E-state index contributed by atoms with van der Waals surface area (Å²) in [7, 11) is -2.48. The van der Waals surface area contributed by atoms with E-state index in [0.717, 1.165) is 0 Å². The quantitative estimate of drug-likeness (QED) is 0.685. The number of alkyl halides is 3. The molecule has 0 fully saturated rings. The fourth-order valence-corrected chi connectivity index (χ4v) is 2.64. The molecular formula is C14H21F3OSi. The van der Waals surface area contributed by atoms with Crippen LogP contribution >= 0.6 is 0 Å². The molecule has 1 atom stereocenters.